The molecule has 0 saturated carbocycles. The van der Waals surface area contributed by atoms with Gasteiger partial charge in [0.05, 0.1) is 12.2 Å². The molecular weight excluding hydrogens is 266 g/mol. The van der Waals surface area contributed by atoms with Gasteiger partial charge in [0.2, 0.25) is 0 Å². The highest BCUT2D eigenvalue weighted by Gasteiger charge is 2.09. The van der Waals surface area contributed by atoms with E-state index in [0.29, 0.717) is 6.54 Å². The molecule has 0 heterocycles. The van der Waals surface area contributed by atoms with E-state index in [0.717, 1.165) is 17.5 Å². The zero-order chi connectivity index (χ0) is 15.1. The third-order valence-corrected chi connectivity index (χ3v) is 3.31. The van der Waals surface area contributed by atoms with Crippen molar-refractivity contribution in [2.45, 2.75) is 19.0 Å². The first-order chi connectivity index (χ1) is 10.2. The van der Waals surface area contributed by atoms with Gasteiger partial charge < -0.3 is 15.5 Å². The van der Waals surface area contributed by atoms with Crippen molar-refractivity contribution in [3.63, 3.8) is 0 Å². The normalized spacial score (nSPS) is 12.0. The molecule has 0 fully saturated rings. The molecule has 4 heteroatoms. The highest BCUT2D eigenvalue weighted by atomic mass is 16.4. The molecule has 2 aromatic rings. The van der Waals surface area contributed by atoms with Gasteiger partial charge in [0, 0.05) is 12.6 Å². The largest absolute Gasteiger partial charge is 0.478 e. The maximum atomic E-state index is 10.9. The molecule has 0 aliphatic heterocycles. The van der Waals surface area contributed by atoms with E-state index in [1.165, 1.54) is 0 Å². The summed E-state index contributed by atoms with van der Waals surface area (Å²) in [5, 5.41) is 21.7. The van der Waals surface area contributed by atoms with Crippen molar-refractivity contribution in [3.05, 3.63) is 71.3 Å². The molecule has 110 valence electrons. The van der Waals surface area contributed by atoms with E-state index >= 15 is 0 Å². The first-order valence-electron chi connectivity index (χ1n) is 6.89. The fourth-order valence-corrected chi connectivity index (χ4v) is 2.18. The highest BCUT2D eigenvalue weighted by molar-refractivity contribution is 5.87. The van der Waals surface area contributed by atoms with Crippen LogP contribution in [-0.4, -0.2) is 28.8 Å². The summed E-state index contributed by atoms with van der Waals surface area (Å²) in [5.74, 6) is -0.931. The fourth-order valence-electron chi connectivity index (χ4n) is 2.18. The summed E-state index contributed by atoms with van der Waals surface area (Å²) in [6, 6.07) is 16.7. The Morgan fingerprint density at radius 2 is 1.76 bits per heavy atom. The van der Waals surface area contributed by atoms with E-state index in [1.807, 2.05) is 36.4 Å². The lowest BCUT2D eigenvalue weighted by atomic mass is 10.1. The number of aliphatic hydroxyl groups excluding tert-OH is 1. The number of aromatic carboxylic acids is 1. The maximum absolute atomic E-state index is 10.9. The predicted octanol–water partition coefficient (Wildman–Crippen LogP) is 2.08. The number of rotatable bonds is 7. The summed E-state index contributed by atoms with van der Waals surface area (Å²) in [4.78, 5) is 10.9. The Kier molecular flexibility index (Phi) is 5.49. The Bertz CT molecular complexity index is 584. The van der Waals surface area contributed by atoms with Gasteiger partial charge in [0.15, 0.2) is 0 Å². The van der Waals surface area contributed by atoms with Crippen LogP contribution in [0, 0.1) is 0 Å². The van der Waals surface area contributed by atoms with Crippen molar-refractivity contribution in [1.29, 1.82) is 0 Å². The standard InChI is InChI=1S/C17H19NO3/c19-12-16(10-13-5-2-1-3-6-13)18-11-14-7-4-8-15(9-14)17(20)21/h1-9,16,18-19H,10-12H2,(H,20,21). The molecular formula is C17H19NO3. The number of benzene rings is 2. The SMILES string of the molecule is O=C(O)c1cccc(CNC(CO)Cc2ccccc2)c1. The smallest absolute Gasteiger partial charge is 0.335 e. The van der Waals surface area contributed by atoms with Gasteiger partial charge in [-0.25, -0.2) is 4.79 Å². The molecule has 0 amide bonds. The zero-order valence-corrected chi connectivity index (χ0v) is 11.7. The second kappa shape index (κ2) is 7.57. The molecule has 2 rings (SSSR count). The number of carboxylic acids is 1. The van der Waals surface area contributed by atoms with Crippen molar-refractivity contribution in [2.75, 3.05) is 6.61 Å². The summed E-state index contributed by atoms with van der Waals surface area (Å²) in [5.41, 5.74) is 2.32. The van der Waals surface area contributed by atoms with Crippen LogP contribution < -0.4 is 5.32 Å². The summed E-state index contributed by atoms with van der Waals surface area (Å²) < 4.78 is 0. The van der Waals surface area contributed by atoms with E-state index in [2.05, 4.69) is 5.32 Å². The molecule has 21 heavy (non-hydrogen) atoms. The number of carboxylic acid groups (broad SMARTS) is 1. The maximum Gasteiger partial charge on any atom is 0.335 e. The van der Waals surface area contributed by atoms with Crippen LogP contribution in [-0.2, 0) is 13.0 Å². The van der Waals surface area contributed by atoms with Crippen molar-refractivity contribution in [1.82, 2.24) is 5.32 Å². The Hall–Kier alpha value is -2.17. The summed E-state index contributed by atoms with van der Waals surface area (Å²) >= 11 is 0. The van der Waals surface area contributed by atoms with Crippen LogP contribution >= 0.6 is 0 Å². The second-order valence-electron chi connectivity index (χ2n) is 4.96. The van der Waals surface area contributed by atoms with E-state index in [1.54, 1.807) is 18.2 Å². The Labute approximate surface area is 124 Å². The number of aliphatic hydroxyl groups is 1. The third kappa shape index (κ3) is 4.70. The molecule has 0 bridgehead atoms. The van der Waals surface area contributed by atoms with Crippen molar-refractivity contribution >= 4 is 5.97 Å². The molecule has 1 atom stereocenters. The van der Waals surface area contributed by atoms with Gasteiger partial charge in [-0.2, -0.15) is 0 Å². The van der Waals surface area contributed by atoms with Crippen LogP contribution in [0.4, 0.5) is 0 Å². The molecule has 0 saturated heterocycles. The van der Waals surface area contributed by atoms with Crippen molar-refractivity contribution in [2.24, 2.45) is 0 Å². The minimum atomic E-state index is -0.931. The van der Waals surface area contributed by atoms with E-state index in [9.17, 15) is 9.90 Å². The first kappa shape index (κ1) is 15.2. The van der Waals surface area contributed by atoms with Crippen molar-refractivity contribution in [3.8, 4) is 0 Å². The summed E-state index contributed by atoms with van der Waals surface area (Å²) in [7, 11) is 0. The van der Waals surface area contributed by atoms with E-state index < -0.39 is 5.97 Å². The predicted molar refractivity (Wildman–Crippen MR) is 81.3 cm³/mol. The number of hydrogen-bond donors (Lipinski definition) is 3. The molecule has 0 radical (unpaired) electrons. The Balaban J connectivity index is 1.94. The van der Waals surface area contributed by atoms with Crippen LogP contribution in [0.5, 0.6) is 0 Å². The third-order valence-electron chi connectivity index (χ3n) is 3.31. The van der Waals surface area contributed by atoms with Crippen LogP contribution in [0.25, 0.3) is 0 Å². The molecule has 1 unspecified atom stereocenters. The Morgan fingerprint density at radius 1 is 1.05 bits per heavy atom. The molecule has 0 aliphatic carbocycles. The molecule has 0 spiro atoms. The Morgan fingerprint density at radius 3 is 2.43 bits per heavy atom. The monoisotopic (exact) mass is 285 g/mol. The minimum Gasteiger partial charge on any atom is -0.478 e. The van der Waals surface area contributed by atoms with Crippen LogP contribution in [0.1, 0.15) is 21.5 Å². The van der Waals surface area contributed by atoms with E-state index in [-0.39, 0.29) is 18.2 Å². The summed E-state index contributed by atoms with van der Waals surface area (Å²) in [6.07, 6.45) is 0.732. The molecule has 3 N–H and O–H groups in total. The first-order valence-corrected chi connectivity index (χ1v) is 6.89. The van der Waals surface area contributed by atoms with Gasteiger partial charge in [-0.15, -0.1) is 0 Å². The molecule has 0 aromatic heterocycles. The average Bonchev–Trinajstić information content (AvgIpc) is 2.52. The van der Waals surface area contributed by atoms with Crippen LogP contribution in [0.15, 0.2) is 54.6 Å². The zero-order valence-electron chi connectivity index (χ0n) is 11.7. The van der Waals surface area contributed by atoms with Gasteiger partial charge in [-0.05, 0) is 29.7 Å². The molecule has 0 aliphatic rings. The second-order valence-corrected chi connectivity index (χ2v) is 4.96. The van der Waals surface area contributed by atoms with Crippen molar-refractivity contribution < 1.29 is 15.0 Å². The van der Waals surface area contributed by atoms with Gasteiger partial charge >= 0.3 is 5.97 Å². The van der Waals surface area contributed by atoms with Gasteiger partial charge in [0.1, 0.15) is 0 Å². The van der Waals surface area contributed by atoms with Gasteiger partial charge in [0.25, 0.3) is 0 Å². The van der Waals surface area contributed by atoms with Gasteiger partial charge in [-0.1, -0.05) is 42.5 Å². The average molecular weight is 285 g/mol. The highest BCUT2D eigenvalue weighted by Crippen LogP contribution is 2.07. The lowest BCUT2D eigenvalue weighted by molar-refractivity contribution is 0.0696. The topological polar surface area (TPSA) is 69.6 Å². The fraction of sp³-hybridized carbons (Fsp3) is 0.235. The minimum absolute atomic E-state index is 0.0352. The van der Waals surface area contributed by atoms with E-state index in [4.69, 9.17) is 5.11 Å². The number of nitrogens with one attached hydrogen (secondary N) is 1. The lowest BCUT2D eigenvalue weighted by Gasteiger charge is -2.16. The molecule has 2 aromatic carbocycles. The quantitative estimate of drug-likeness (QED) is 0.728. The number of hydrogen-bond acceptors (Lipinski definition) is 3. The van der Waals surface area contributed by atoms with Gasteiger partial charge in [-0.3, -0.25) is 0 Å². The number of carbonyl (C=O) groups is 1. The molecule has 4 nitrogen and oxygen atoms in total. The lowest BCUT2D eigenvalue weighted by Crippen LogP contribution is -2.34. The van der Waals surface area contributed by atoms with Crippen LogP contribution in [0.2, 0.25) is 0 Å². The summed E-state index contributed by atoms with van der Waals surface area (Å²) in [6.45, 7) is 0.562. The van der Waals surface area contributed by atoms with Crippen LogP contribution in [0.3, 0.4) is 0 Å².